The molecule has 1 amide bonds. The molecule has 0 bridgehead atoms. The Morgan fingerprint density at radius 3 is 2.71 bits per heavy atom. The number of carbonyl (C=O) groups is 1. The Balaban J connectivity index is 2.12. The third-order valence-corrected chi connectivity index (χ3v) is 3.77. The Morgan fingerprint density at radius 2 is 2.00 bits per heavy atom. The van der Waals surface area contributed by atoms with E-state index in [1.165, 1.54) is 6.08 Å². The molecule has 0 aromatic heterocycles. The Bertz CT molecular complexity index is 730. The maximum Gasteiger partial charge on any atom is 0.248 e. The molecule has 126 valence electrons. The molecular formula is C20H22ClNO2. The molecule has 0 spiro atoms. The summed E-state index contributed by atoms with van der Waals surface area (Å²) in [7, 11) is 0. The number of benzene rings is 2. The smallest absolute Gasteiger partial charge is 0.248 e. The number of carbonyl (C=O) groups excluding carboxylic acids is 1. The number of halogens is 1. The zero-order valence-corrected chi connectivity index (χ0v) is 15.0. The van der Waals surface area contributed by atoms with Gasteiger partial charge in [-0.25, -0.2) is 0 Å². The predicted octanol–water partition coefficient (Wildman–Crippen LogP) is 5.40. The average molecular weight is 344 g/mol. The van der Waals surface area contributed by atoms with Crippen LogP contribution in [-0.4, -0.2) is 12.5 Å². The molecule has 0 aliphatic carbocycles. The predicted molar refractivity (Wildman–Crippen MR) is 101 cm³/mol. The molecule has 0 atom stereocenters. The zero-order valence-electron chi connectivity index (χ0n) is 14.2. The van der Waals surface area contributed by atoms with Gasteiger partial charge in [-0.2, -0.15) is 0 Å². The lowest BCUT2D eigenvalue weighted by molar-refractivity contribution is -0.111. The van der Waals surface area contributed by atoms with E-state index in [-0.39, 0.29) is 5.91 Å². The molecule has 2 rings (SSSR count). The summed E-state index contributed by atoms with van der Waals surface area (Å²) >= 11 is 6.22. The van der Waals surface area contributed by atoms with Gasteiger partial charge in [-0.15, -0.1) is 0 Å². The molecule has 0 heterocycles. The van der Waals surface area contributed by atoms with Gasteiger partial charge in [0.2, 0.25) is 5.91 Å². The number of ether oxygens (including phenoxy) is 1. The van der Waals surface area contributed by atoms with Gasteiger partial charge < -0.3 is 10.1 Å². The summed E-state index contributed by atoms with van der Waals surface area (Å²) in [5.74, 6) is 0.544. The molecule has 2 aromatic carbocycles. The summed E-state index contributed by atoms with van der Waals surface area (Å²) in [6.07, 6.45) is 4.17. The van der Waals surface area contributed by atoms with Crippen LogP contribution in [0, 0.1) is 13.8 Å². The standard InChI is InChI=1S/C20H22ClNO2/c1-4-11-24-18-8-6-5-7-16(18)9-10-19(23)22-20-15(3)12-14(2)13-17(20)21/h5-10,12-13H,4,11H2,1-3H3,(H,22,23). The van der Waals surface area contributed by atoms with E-state index >= 15 is 0 Å². The fraction of sp³-hybridized carbons (Fsp3) is 0.250. The highest BCUT2D eigenvalue weighted by Gasteiger charge is 2.08. The first-order chi connectivity index (χ1) is 11.5. The van der Waals surface area contributed by atoms with E-state index in [0.29, 0.717) is 17.3 Å². The summed E-state index contributed by atoms with van der Waals surface area (Å²) in [5, 5.41) is 3.38. The van der Waals surface area contributed by atoms with E-state index in [9.17, 15) is 4.79 Å². The van der Waals surface area contributed by atoms with Crippen LogP contribution in [0.2, 0.25) is 5.02 Å². The van der Waals surface area contributed by atoms with Crippen LogP contribution >= 0.6 is 11.6 Å². The molecule has 0 aliphatic heterocycles. The van der Waals surface area contributed by atoms with Crippen LogP contribution in [-0.2, 0) is 4.79 Å². The molecule has 0 fully saturated rings. The van der Waals surface area contributed by atoms with Gasteiger partial charge in [0.05, 0.1) is 17.3 Å². The Kier molecular flexibility index (Phi) is 6.44. The van der Waals surface area contributed by atoms with Crippen molar-refractivity contribution in [2.24, 2.45) is 0 Å². The van der Waals surface area contributed by atoms with Gasteiger partial charge in [0, 0.05) is 11.6 Å². The van der Waals surface area contributed by atoms with Crippen molar-refractivity contribution in [3.63, 3.8) is 0 Å². The molecule has 1 N–H and O–H groups in total. The normalized spacial score (nSPS) is 10.8. The van der Waals surface area contributed by atoms with Crippen LogP contribution in [0.5, 0.6) is 5.75 Å². The van der Waals surface area contributed by atoms with Crippen LogP contribution in [0.4, 0.5) is 5.69 Å². The molecule has 24 heavy (non-hydrogen) atoms. The third kappa shape index (κ3) is 4.87. The molecule has 0 saturated carbocycles. The second-order valence-corrected chi connectivity index (χ2v) is 6.05. The highest BCUT2D eigenvalue weighted by Crippen LogP contribution is 2.27. The molecule has 4 heteroatoms. The topological polar surface area (TPSA) is 38.3 Å². The number of hydrogen-bond donors (Lipinski definition) is 1. The average Bonchev–Trinajstić information content (AvgIpc) is 2.55. The van der Waals surface area contributed by atoms with E-state index < -0.39 is 0 Å². The van der Waals surface area contributed by atoms with Gasteiger partial charge >= 0.3 is 0 Å². The molecule has 0 radical (unpaired) electrons. The van der Waals surface area contributed by atoms with Gasteiger partial charge in [-0.05, 0) is 49.6 Å². The van der Waals surface area contributed by atoms with Gasteiger partial charge in [-0.1, -0.05) is 42.8 Å². The van der Waals surface area contributed by atoms with Crippen LogP contribution in [0.15, 0.2) is 42.5 Å². The number of anilines is 1. The van der Waals surface area contributed by atoms with Crippen molar-refractivity contribution in [2.75, 3.05) is 11.9 Å². The molecular weight excluding hydrogens is 322 g/mol. The van der Waals surface area contributed by atoms with Gasteiger partial charge in [0.15, 0.2) is 0 Å². The summed E-state index contributed by atoms with van der Waals surface area (Å²) in [6, 6.07) is 11.5. The first-order valence-corrected chi connectivity index (χ1v) is 8.36. The number of hydrogen-bond acceptors (Lipinski definition) is 2. The van der Waals surface area contributed by atoms with E-state index in [4.69, 9.17) is 16.3 Å². The van der Waals surface area contributed by atoms with Crippen molar-refractivity contribution in [3.05, 3.63) is 64.2 Å². The highest BCUT2D eigenvalue weighted by atomic mass is 35.5. The Hall–Kier alpha value is -2.26. The van der Waals surface area contributed by atoms with E-state index in [1.54, 1.807) is 6.08 Å². The van der Waals surface area contributed by atoms with Crippen molar-refractivity contribution < 1.29 is 9.53 Å². The monoisotopic (exact) mass is 343 g/mol. The lowest BCUT2D eigenvalue weighted by Crippen LogP contribution is -2.09. The summed E-state index contributed by atoms with van der Waals surface area (Å²) in [4.78, 5) is 12.2. The van der Waals surface area contributed by atoms with Gasteiger partial charge in [0.25, 0.3) is 0 Å². The molecule has 0 unspecified atom stereocenters. The SMILES string of the molecule is CCCOc1ccccc1C=CC(=O)Nc1c(C)cc(C)cc1Cl. The number of aryl methyl sites for hydroxylation is 2. The maximum absolute atomic E-state index is 12.2. The molecule has 0 saturated heterocycles. The van der Waals surface area contributed by atoms with Gasteiger partial charge in [0.1, 0.15) is 5.75 Å². The summed E-state index contributed by atoms with van der Waals surface area (Å²) in [6.45, 7) is 6.60. The number of nitrogens with one attached hydrogen (secondary N) is 1. The summed E-state index contributed by atoms with van der Waals surface area (Å²) in [5.41, 5.74) is 3.52. The number of para-hydroxylation sites is 1. The fourth-order valence-corrected chi connectivity index (χ4v) is 2.73. The summed E-state index contributed by atoms with van der Waals surface area (Å²) < 4.78 is 5.68. The Morgan fingerprint density at radius 1 is 1.25 bits per heavy atom. The quantitative estimate of drug-likeness (QED) is 0.713. The minimum Gasteiger partial charge on any atom is -0.493 e. The van der Waals surface area contributed by atoms with E-state index in [1.807, 2.05) is 50.2 Å². The van der Waals surface area contributed by atoms with E-state index in [0.717, 1.165) is 28.9 Å². The number of rotatable bonds is 6. The van der Waals surface area contributed by atoms with Crippen LogP contribution < -0.4 is 10.1 Å². The minimum absolute atomic E-state index is 0.228. The van der Waals surface area contributed by atoms with E-state index in [2.05, 4.69) is 12.2 Å². The second kappa shape index (κ2) is 8.55. The first kappa shape index (κ1) is 18.1. The van der Waals surface area contributed by atoms with Crippen molar-refractivity contribution in [3.8, 4) is 5.75 Å². The minimum atomic E-state index is -0.228. The first-order valence-electron chi connectivity index (χ1n) is 7.99. The van der Waals surface area contributed by atoms with Crippen molar-refractivity contribution in [1.29, 1.82) is 0 Å². The third-order valence-electron chi connectivity index (χ3n) is 3.47. The van der Waals surface area contributed by atoms with Crippen LogP contribution in [0.1, 0.15) is 30.0 Å². The zero-order chi connectivity index (χ0) is 17.5. The molecule has 2 aromatic rings. The van der Waals surface area contributed by atoms with Crippen LogP contribution in [0.3, 0.4) is 0 Å². The molecule has 0 aliphatic rings. The van der Waals surface area contributed by atoms with Crippen molar-refractivity contribution in [1.82, 2.24) is 0 Å². The lowest BCUT2D eigenvalue weighted by atomic mass is 10.1. The second-order valence-electron chi connectivity index (χ2n) is 5.65. The van der Waals surface area contributed by atoms with Gasteiger partial charge in [-0.3, -0.25) is 4.79 Å². The number of amides is 1. The fourth-order valence-electron chi connectivity index (χ4n) is 2.37. The van der Waals surface area contributed by atoms with Crippen molar-refractivity contribution in [2.45, 2.75) is 27.2 Å². The molecule has 3 nitrogen and oxygen atoms in total. The van der Waals surface area contributed by atoms with Crippen LogP contribution in [0.25, 0.3) is 6.08 Å². The highest BCUT2D eigenvalue weighted by molar-refractivity contribution is 6.34. The largest absolute Gasteiger partial charge is 0.493 e. The van der Waals surface area contributed by atoms with Crippen molar-refractivity contribution >= 4 is 29.3 Å². The maximum atomic E-state index is 12.2. The Labute approximate surface area is 148 Å². The lowest BCUT2D eigenvalue weighted by Gasteiger charge is -2.10.